The number of nitrogens with zero attached hydrogens (tertiary/aromatic N) is 1. The summed E-state index contributed by atoms with van der Waals surface area (Å²) in [6.07, 6.45) is 8.52. The molecule has 1 atom stereocenters. The van der Waals surface area contributed by atoms with Gasteiger partial charge in [0, 0.05) is 52.8 Å². The van der Waals surface area contributed by atoms with E-state index in [1.165, 1.54) is 5.39 Å². The number of carbonyl (C=O) groups excluding carboxylic acids is 2. The van der Waals surface area contributed by atoms with E-state index >= 15 is 0 Å². The maximum Gasteiger partial charge on any atom is 0.227 e. The van der Waals surface area contributed by atoms with Crippen LogP contribution in [0, 0.1) is 11.8 Å². The number of aromatic amines is 1. The molecule has 0 unspecified atom stereocenters. The lowest BCUT2D eigenvalue weighted by Crippen LogP contribution is -2.44. The van der Waals surface area contributed by atoms with Crippen molar-refractivity contribution >= 4 is 28.4 Å². The number of rotatable bonds is 4. The third-order valence-corrected chi connectivity index (χ3v) is 6.77. The van der Waals surface area contributed by atoms with E-state index in [4.69, 9.17) is 0 Å². The number of carbonyl (C=O) groups is 2. The Morgan fingerprint density at radius 1 is 0.906 bits per heavy atom. The molecular weight excluding hydrogens is 398 g/mol. The standard InChI is InChI=1S/C27H29N3O2/c31-26(19-13-15-30(16-14-19)27(32)20-7-2-1-3-8-20)28-23-11-6-10-21(17-23)25-18-22-9-4-5-12-24(22)29-25/h1-2,4-6,9-12,17-20,29H,3,7-8,13-16H2,(H,28,31)/t20-/m1/s1. The molecule has 1 aromatic heterocycles. The van der Waals surface area contributed by atoms with Crippen molar-refractivity contribution < 1.29 is 9.59 Å². The number of hydrogen-bond acceptors (Lipinski definition) is 2. The Morgan fingerprint density at radius 2 is 1.75 bits per heavy atom. The van der Waals surface area contributed by atoms with Gasteiger partial charge in [0.2, 0.25) is 11.8 Å². The minimum atomic E-state index is -0.0537. The van der Waals surface area contributed by atoms with Gasteiger partial charge in [0.25, 0.3) is 0 Å². The summed E-state index contributed by atoms with van der Waals surface area (Å²) in [6, 6.07) is 18.3. The summed E-state index contributed by atoms with van der Waals surface area (Å²) in [5, 5.41) is 4.27. The highest BCUT2D eigenvalue weighted by molar-refractivity contribution is 5.94. The summed E-state index contributed by atoms with van der Waals surface area (Å²) in [7, 11) is 0. The first-order valence-electron chi connectivity index (χ1n) is 11.6. The van der Waals surface area contributed by atoms with E-state index in [2.05, 4.69) is 40.7 Å². The number of hydrogen-bond donors (Lipinski definition) is 2. The van der Waals surface area contributed by atoms with Gasteiger partial charge in [0.1, 0.15) is 0 Å². The molecule has 0 spiro atoms. The topological polar surface area (TPSA) is 65.2 Å². The van der Waals surface area contributed by atoms with E-state index in [0.717, 1.165) is 54.6 Å². The fourth-order valence-corrected chi connectivity index (χ4v) is 4.88. The molecule has 2 N–H and O–H groups in total. The fourth-order valence-electron chi connectivity index (χ4n) is 4.88. The number of H-pyrrole nitrogens is 1. The Morgan fingerprint density at radius 3 is 2.53 bits per heavy atom. The van der Waals surface area contributed by atoms with E-state index < -0.39 is 0 Å². The number of amides is 2. The van der Waals surface area contributed by atoms with Crippen molar-refractivity contribution in [3.05, 3.63) is 66.7 Å². The normalized spacial score (nSPS) is 19.2. The minimum absolute atomic E-state index is 0.0477. The molecule has 1 aliphatic heterocycles. The molecule has 5 heteroatoms. The summed E-state index contributed by atoms with van der Waals surface area (Å²) in [6.45, 7) is 1.35. The van der Waals surface area contributed by atoms with Crippen molar-refractivity contribution in [1.29, 1.82) is 0 Å². The molecule has 0 saturated carbocycles. The molecule has 2 heterocycles. The molecule has 2 aromatic carbocycles. The molecular formula is C27H29N3O2. The van der Waals surface area contributed by atoms with E-state index in [-0.39, 0.29) is 23.7 Å². The van der Waals surface area contributed by atoms with Crippen molar-refractivity contribution in [3.8, 4) is 11.3 Å². The molecule has 1 fully saturated rings. The monoisotopic (exact) mass is 427 g/mol. The predicted octanol–water partition coefficient (Wildman–Crippen LogP) is 5.37. The first-order valence-corrected chi connectivity index (χ1v) is 11.6. The average Bonchev–Trinajstić information content (AvgIpc) is 3.29. The lowest BCUT2D eigenvalue weighted by atomic mass is 9.90. The minimum Gasteiger partial charge on any atom is -0.355 e. The highest BCUT2D eigenvalue weighted by atomic mass is 16.2. The Balaban J connectivity index is 1.20. The van der Waals surface area contributed by atoms with Crippen LogP contribution < -0.4 is 5.32 Å². The Labute approximate surface area is 188 Å². The van der Waals surface area contributed by atoms with Gasteiger partial charge >= 0.3 is 0 Å². The Hall–Kier alpha value is -3.34. The number of piperidine rings is 1. The fraction of sp³-hybridized carbons (Fsp3) is 0.333. The van der Waals surface area contributed by atoms with Gasteiger partial charge in [-0.3, -0.25) is 9.59 Å². The largest absolute Gasteiger partial charge is 0.355 e. The molecule has 2 amide bonds. The van der Waals surface area contributed by atoms with Crippen molar-refractivity contribution in [2.24, 2.45) is 11.8 Å². The summed E-state index contributed by atoms with van der Waals surface area (Å²) in [5.41, 5.74) is 3.98. The van der Waals surface area contributed by atoms with E-state index in [1.807, 2.05) is 41.3 Å². The molecule has 164 valence electrons. The predicted molar refractivity (Wildman–Crippen MR) is 128 cm³/mol. The van der Waals surface area contributed by atoms with Gasteiger partial charge in [-0.15, -0.1) is 0 Å². The van der Waals surface area contributed by atoms with Crippen LogP contribution >= 0.6 is 0 Å². The van der Waals surface area contributed by atoms with Crippen molar-refractivity contribution in [2.45, 2.75) is 32.1 Å². The van der Waals surface area contributed by atoms with Gasteiger partial charge in [-0.1, -0.05) is 42.5 Å². The molecule has 0 radical (unpaired) electrons. The van der Waals surface area contributed by atoms with Gasteiger partial charge in [-0.25, -0.2) is 0 Å². The zero-order valence-electron chi connectivity index (χ0n) is 18.2. The number of fused-ring (bicyclic) bond motifs is 1. The SMILES string of the molecule is O=C(Nc1cccc(-c2cc3ccccc3[nH]2)c1)C1CCN(C(=O)[C@@H]2CC=CCC2)CC1. The van der Waals surface area contributed by atoms with Crippen LogP contribution in [0.5, 0.6) is 0 Å². The van der Waals surface area contributed by atoms with Gasteiger partial charge in [-0.05, 0) is 56.4 Å². The lowest BCUT2D eigenvalue weighted by Gasteiger charge is -2.34. The van der Waals surface area contributed by atoms with Crippen LogP contribution in [0.2, 0.25) is 0 Å². The zero-order valence-corrected chi connectivity index (χ0v) is 18.2. The molecule has 5 rings (SSSR count). The van der Waals surface area contributed by atoms with Crippen LogP contribution in [0.15, 0.2) is 66.7 Å². The maximum absolute atomic E-state index is 12.9. The Bertz CT molecular complexity index is 1120. The molecule has 1 saturated heterocycles. The van der Waals surface area contributed by atoms with Crippen LogP contribution in [0.3, 0.4) is 0 Å². The number of anilines is 1. The summed E-state index contributed by atoms with van der Waals surface area (Å²) in [4.78, 5) is 31.1. The Kier molecular flexibility index (Phi) is 5.80. The van der Waals surface area contributed by atoms with Gasteiger partial charge in [0.15, 0.2) is 0 Å². The van der Waals surface area contributed by atoms with Crippen molar-refractivity contribution in [3.63, 3.8) is 0 Å². The highest BCUT2D eigenvalue weighted by Crippen LogP contribution is 2.28. The summed E-state index contributed by atoms with van der Waals surface area (Å²) < 4.78 is 0. The number of benzene rings is 2. The van der Waals surface area contributed by atoms with Crippen LogP contribution in [0.25, 0.3) is 22.2 Å². The zero-order chi connectivity index (χ0) is 21.9. The van der Waals surface area contributed by atoms with Crippen molar-refractivity contribution in [2.75, 3.05) is 18.4 Å². The molecule has 1 aliphatic carbocycles. The summed E-state index contributed by atoms with van der Waals surface area (Å²) >= 11 is 0. The van der Waals surface area contributed by atoms with Crippen LogP contribution in [0.4, 0.5) is 5.69 Å². The number of allylic oxidation sites excluding steroid dienone is 2. The van der Waals surface area contributed by atoms with Crippen LogP contribution in [-0.4, -0.2) is 34.8 Å². The van der Waals surface area contributed by atoms with Gasteiger partial charge in [0.05, 0.1) is 0 Å². The highest BCUT2D eigenvalue weighted by Gasteiger charge is 2.30. The molecule has 2 aliphatic rings. The quantitative estimate of drug-likeness (QED) is 0.550. The second-order valence-electron chi connectivity index (χ2n) is 8.92. The van der Waals surface area contributed by atoms with E-state index in [9.17, 15) is 9.59 Å². The first-order chi connectivity index (χ1) is 15.7. The molecule has 32 heavy (non-hydrogen) atoms. The third kappa shape index (κ3) is 4.33. The number of nitrogens with one attached hydrogen (secondary N) is 2. The van der Waals surface area contributed by atoms with E-state index in [0.29, 0.717) is 13.1 Å². The van der Waals surface area contributed by atoms with E-state index in [1.54, 1.807) is 0 Å². The average molecular weight is 428 g/mol. The first kappa shape index (κ1) is 20.6. The maximum atomic E-state index is 12.9. The summed E-state index contributed by atoms with van der Waals surface area (Å²) in [5.74, 6) is 0.380. The lowest BCUT2D eigenvalue weighted by molar-refractivity contribution is -0.138. The van der Waals surface area contributed by atoms with Gasteiger partial charge in [-0.2, -0.15) is 0 Å². The molecule has 0 bridgehead atoms. The smallest absolute Gasteiger partial charge is 0.227 e. The number of aromatic nitrogens is 1. The third-order valence-electron chi connectivity index (χ3n) is 6.77. The molecule has 3 aromatic rings. The van der Waals surface area contributed by atoms with Crippen LogP contribution in [0.1, 0.15) is 32.1 Å². The second kappa shape index (κ2) is 9.03. The molecule has 5 nitrogen and oxygen atoms in total. The van der Waals surface area contributed by atoms with Crippen LogP contribution in [-0.2, 0) is 9.59 Å². The van der Waals surface area contributed by atoms with Gasteiger partial charge < -0.3 is 15.2 Å². The second-order valence-corrected chi connectivity index (χ2v) is 8.92. The number of para-hydroxylation sites is 1. The number of likely N-dealkylation sites (tertiary alicyclic amines) is 1. The van der Waals surface area contributed by atoms with Crippen molar-refractivity contribution in [1.82, 2.24) is 9.88 Å².